The van der Waals surface area contributed by atoms with Gasteiger partial charge in [0.15, 0.2) is 0 Å². The Kier molecular flexibility index (Phi) is 4.66. The number of amides is 1. The van der Waals surface area contributed by atoms with Crippen molar-refractivity contribution in [1.82, 2.24) is 0 Å². The fourth-order valence-corrected chi connectivity index (χ4v) is 2.66. The van der Waals surface area contributed by atoms with Crippen LogP contribution >= 0.6 is 11.8 Å². The molecule has 0 spiro atoms. The molecule has 0 aliphatic heterocycles. The lowest BCUT2D eigenvalue weighted by Gasteiger charge is -2.07. The van der Waals surface area contributed by atoms with Crippen molar-refractivity contribution < 1.29 is 13.2 Å². The third kappa shape index (κ3) is 4.07. The number of hydrogen-bond acceptors (Lipinski definition) is 4. The van der Waals surface area contributed by atoms with Crippen molar-refractivity contribution in [3.8, 4) is 0 Å². The Morgan fingerprint density at radius 3 is 2.38 bits per heavy atom. The zero-order valence-electron chi connectivity index (χ0n) is 11.2. The quantitative estimate of drug-likeness (QED) is 0.845. The molecule has 110 valence electrons. The normalized spacial score (nSPS) is 11.1. The summed E-state index contributed by atoms with van der Waals surface area (Å²) in [5, 5.41) is 7.70. The van der Waals surface area contributed by atoms with E-state index in [4.69, 9.17) is 5.14 Å². The molecular weight excluding hydrogens is 308 g/mol. The van der Waals surface area contributed by atoms with E-state index in [0.717, 1.165) is 4.90 Å². The molecule has 21 heavy (non-hydrogen) atoms. The van der Waals surface area contributed by atoms with Crippen molar-refractivity contribution in [3.05, 3.63) is 54.1 Å². The van der Waals surface area contributed by atoms with E-state index in [0.29, 0.717) is 11.3 Å². The van der Waals surface area contributed by atoms with Crippen LogP contribution in [-0.2, 0) is 10.0 Å². The number of rotatable bonds is 4. The number of anilines is 1. The second-order valence-electron chi connectivity index (χ2n) is 4.26. The third-order valence-electron chi connectivity index (χ3n) is 2.77. The molecule has 0 saturated heterocycles. The van der Waals surface area contributed by atoms with Gasteiger partial charge in [-0.2, -0.15) is 0 Å². The molecule has 0 fully saturated rings. The molecule has 0 aliphatic rings. The second kappa shape index (κ2) is 6.30. The fourth-order valence-electron chi connectivity index (χ4n) is 1.70. The van der Waals surface area contributed by atoms with Gasteiger partial charge >= 0.3 is 0 Å². The Morgan fingerprint density at radius 2 is 1.81 bits per heavy atom. The second-order valence-corrected chi connectivity index (χ2v) is 6.70. The highest BCUT2D eigenvalue weighted by atomic mass is 32.2. The Balaban J connectivity index is 2.19. The Morgan fingerprint density at radius 1 is 1.14 bits per heavy atom. The molecule has 2 rings (SSSR count). The molecule has 0 heterocycles. The van der Waals surface area contributed by atoms with Crippen molar-refractivity contribution >= 4 is 33.4 Å². The van der Waals surface area contributed by atoms with Crippen molar-refractivity contribution in [1.29, 1.82) is 0 Å². The summed E-state index contributed by atoms with van der Waals surface area (Å²) in [6.07, 6.45) is 1.95. The van der Waals surface area contributed by atoms with E-state index in [1.807, 2.05) is 18.4 Å². The first-order valence-corrected chi connectivity index (χ1v) is 8.75. The van der Waals surface area contributed by atoms with E-state index < -0.39 is 10.0 Å². The van der Waals surface area contributed by atoms with E-state index in [1.165, 1.54) is 18.2 Å². The van der Waals surface area contributed by atoms with Crippen molar-refractivity contribution in [2.75, 3.05) is 11.6 Å². The first-order valence-electron chi connectivity index (χ1n) is 5.98. The smallest absolute Gasteiger partial charge is 0.255 e. The van der Waals surface area contributed by atoms with Gasteiger partial charge in [0.1, 0.15) is 0 Å². The zero-order chi connectivity index (χ0) is 15.5. The topological polar surface area (TPSA) is 89.3 Å². The van der Waals surface area contributed by atoms with Crippen LogP contribution in [0, 0.1) is 0 Å². The summed E-state index contributed by atoms with van der Waals surface area (Å²) in [6.45, 7) is 0. The monoisotopic (exact) mass is 322 g/mol. The van der Waals surface area contributed by atoms with Gasteiger partial charge in [0.2, 0.25) is 10.0 Å². The summed E-state index contributed by atoms with van der Waals surface area (Å²) in [7, 11) is -3.79. The lowest BCUT2D eigenvalue weighted by atomic mass is 10.2. The number of nitrogens with one attached hydrogen (secondary N) is 1. The molecule has 0 radical (unpaired) electrons. The zero-order valence-corrected chi connectivity index (χ0v) is 12.9. The van der Waals surface area contributed by atoms with Crippen molar-refractivity contribution in [2.24, 2.45) is 5.14 Å². The summed E-state index contributed by atoms with van der Waals surface area (Å²) in [4.78, 5) is 13.1. The standard InChI is InChI=1S/C14H14N2O3S2/c1-20-12-7-5-10(6-8-12)14(17)16-11-3-2-4-13(9-11)21(15,18)19/h2-9H,1H3,(H,16,17)(H2,15,18,19). The number of thioether (sulfide) groups is 1. The summed E-state index contributed by atoms with van der Waals surface area (Å²) in [6, 6.07) is 12.9. The molecule has 1 amide bonds. The number of hydrogen-bond donors (Lipinski definition) is 2. The van der Waals surface area contributed by atoms with Gasteiger partial charge in [0.05, 0.1) is 4.90 Å². The number of nitrogens with two attached hydrogens (primary N) is 1. The van der Waals surface area contributed by atoms with Crippen LogP contribution in [0.25, 0.3) is 0 Å². The number of primary sulfonamides is 1. The van der Waals surface area contributed by atoms with Gasteiger partial charge in [0.25, 0.3) is 5.91 Å². The summed E-state index contributed by atoms with van der Waals surface area (Å²) >= 11 is 1.59. The van der Waals surface area contributed by atoms with E-state index in [-0.39, 0.29) is 10.8 Å². The first kappa shape index (κ1) is 15.6. The van der Waals surface area contributed by atoms with Crippen LogP contribution < -0.4 is 10.5 Å². The minimum atomic E-state index is -3.79. The van der Waals surface area contributed by atoms with Gasteiger partial charge in [-0.05, 0) is 48.7 Å². The predicted molar refractivity (Wildman–Crippen MR) is 84.0 cm³/mol. The lowest BCUT2D eigenvalue weighted by Crippen LogP contribution is -2.14. The van der Waals surface area contributed by atoms with E-state index in [1.54, 1.807) is 30.0 Å². The molecule has 5 nitrogen and oxygen atoms in total. The number of carbonyl (C=O) groups is 1. The molecule has 0 saturated carbocycles. The van der Waals surface area contributed by atoms with Gasteiger partial charge < -0.3 is 5.32 Å². The molecule has 3 N–H and O–H groups in total. The molecule has 0 atom stereocenters. The Bertz CT molecular complexity index is 756. The minimum absolute atomic E-state index is 0.0435. The van der Waals surface area contributed by atoms with Gasteiger partial charge in [-0.15, -0.1) is 11.8 Å². The van der Waals surface area contributed by atoms with E-state index in [2.05, 4.69) is 5.32 Å². The molecule has 7 heteroatoms. The lowest BCUT2D eigenvalue weighted by molar-refractivity contribution is 0.102. The van der Waals surface area contributed by atoms with Crippen LogP contribution in [0.4, 0.5) is 5.69 Å². The molecule has 2 aromatic rings. The van der Waals surface area contributed by atoms with Gasteiger partial charge in [-0.3, -0.25) is 4.79 Å². The minimum Gasteiger partial charge on any atom is -0.322 e. The third-order valence-corrected chi connectivity index (χ3v) is 4.43. The molecule has 0 aromatic heterocycles. The predicted octanol–water partition coefficient (Wildman–Crippen LogP) is 2.31. The summed E-state index contributed by atoms with van der Waals surface area (Å²) in [5.41, 5.74) is 0.870. The van der Waals surface area contributed by atoms with Crippen LogP contribution in [0.3, 0.4) is 0 Å². The molecular formula is C14H14N2O3S2. The van der Waals surface area contributed by atoms with Crippen LogP contribution in [-0.4, -0.2) is 20.6 Å². The average molecular weight is 322 g/mol. The van der Waals surface area contributed by atoms with Crippen molar-refractivity contribution in [3.63, 3.8) is 0 Å². The van der Waals surface area contributed by atoms with Crippen LogP contribution in [0.15, 0.2) is 58.3 Å². The average Bonchev–Trinajstić information content (AvgIpc) is 2.47. The van der Waals surface area contributed by atoms with Crippen LogP contribution in [0.5, 0.6) is 0 Å². The maximum atomic E-state index is 12.1. The summed E-state index contributed by atoms with van der Waals surface area (Å²) < 4.78 is 22.5. The Labute approximate surface area is 127 Å². The highest BCUT2D eigenvalue weighted by Crippen LogP contribution is 2.17. The van der Waals surface area contributed by atoms with Crippen molar-refractivity contribution in [2.45, 2.75) is 9.79 Å². The van der Waals surface area contributed by atoms with E-state index in [9.17, 15) is 13.2 Å². The van der Waals surface area contributed by atoms with Crippen LogP contribution in [0.2, 0.25) is 0 Å². The first-order chi connectivity index (χ1) is 9.90. The van der Waals surface area contributed by atoms with Gasteiger partial charge in [-0.25, -0.2) is 13.6 Å². The highest BCUT2D eigenvalue weighted by Gasteiger charge is 2.10. The SMILES string of the molecule is CSc1ccc(C(=O)Nc2cccc(S(N)(=O)=O)c2)cc1. The van der Waals surface area contributed by atoms with E-state index >= 15 is 0 Å². The molecule has 0 bridgehead atoms. The molecule has 0 unspecified atom stereocenters. The highest BCUT2D eigenvalue weighted by molar-refractivity contribution is 7.98. The van der Waals surface area contributed by atoms with Gasteiger partial charge in [-0.1, -0.05) is 6.07 Å². The maximum Gasteiger partial charge on any atom is 0.255 e. The fraction of sp³-hybridized carbons (Fsp3) is 0.0714. The maximum absolute atomic E-state index is 12.1. The molecule has 2 aromatic carbocycles. The van der Waals surface area contributed by atoms with Gasteiger partial charge in [0, 0.05) is 16.1 Å². The van der Waals surface area contributed by atoms with Crippen LogP contribution in [0.1, 0.15) is 10.4 Å². The Hall–Kier alpha value is -1.83. The number of sulfonamides is 1. The largest absolute Gasteiger partial charge is 0.322 e. The summed E-state index contributed by atoms with van der Waals surface area (Å²) in [5.74, 6) is -0.311. The molecule has 0 aliphatic carbocycles. The number of carbonyl (C=O) groups excluding carboxylic acids is 1. The number of benzene rings is 2.